The molecule has 1 aromatic carbocycles. The van der Waals surface area contributed by atoms with E-state index < -0.39 is 6.17 Å². The van der Waals surface area contributed by atoms with Crippen molar-refractivity contribution in [2.75, 3.05) is 26.2 Å². The molecule has 2 rings (SSSR count). The van der Waals surface area contributed by atoms with Crippen molar-refractivity contribution in [3.8, 4) is 5.75 Å². The lowest BCUT2D eigenvalue weighted by atomic mass is 9.98. The van der Waals surface area contributed by atoms with Gasteiger partial charge in [-0.1, -0.05) is 19.9 Å². The topological polar surface area (TPSA) is 12.5 Å². The summed E-state index contributed by atoms with van der Waals surface area (Å²) in [6, 6.07) is 6.23. The normalized spacial score (nSPS) is 16.9. The van der Waals surface area contributed by atoms with Gasteiger partial charge in [-0.05, 0) is 36.1 Å². The molecule has 0 N–H and O–H groups in total. The van der Waals surface area contributed by atoms with Gasteiger partial charge in [-0.2, -0.15) is 0 Å². The number of alkyl halides is 1. The van der Waals surface area contributed by atoms with Crippen molar-refractivity contribution >= 4 is 0 Å². The van der Waals surface area contributed by atoms with Gasteiger partial charge >= 0.3 is 0 Å². The highest BCUT2D eigenvalue weighted by atomic mass is 19.1. The molecule has 1 saturated heterocycles. The van der Waals surface area contributed by atoms with Crippen LogP contribution in [0.4, 0.5) is 4.39 Å². The van der Waals surface area contributed by atoms with Crippen LogP contribution in [0.25, 0.3) is 0 Å². The molecule has 0 aliphatic carbocycles. The number of nitrogens with zero attached hydrogens (tertiary/aromatic N) is 1. The van der Waals surface area contributed by atoms with Crippen molar-refractivity contribution in [2.24, 2.45) is 0 Å². The molecule has 0 amide bonds. The fourth-order valence-electron chi connectivity index (χ4n) is 2.31. The van der Waals surface area contributed by atoms with Crippen molar-refractivity contribution < 1.29 is 9.13 Å². The number of halogens is 1. The van der Waals surface area contributed by atoms with Crippen molar-refractivity contribution in [1.29, 1.82) is 0 Å². The Bertz CT molecular complexity index is 399. The monoisotopic (exact) mass is 251 g/mol. The molecule has 0 radical (unpaired) electrons. The first-order valence-corrected chi connectivity index (χ1v) is 6.66. The smallest absolute Gasteiger partial charge is 0.125 e. The lowest BCUT2D eigenvalue weighted by molar-refractivity contribution is 0.0539. The number of aryl methyl sites for hydroxylation is 1. The number of ether oxygens (including phenoxy) is 1. The van der Waals surface area contributed by atoms with Gasteiger partial charge in [0.05, 0.1) is 0 Å². The summed E-state index contributed by atoms with van der Waals surface area (Å²) in [6.45, 7) is 9.07. The third kappa shape index (κ3) is 3.22. The molecule has 1 aliphatic heterocycles. The van der Waals surface area contributed by atoms with Gasteiger partial charge in [-0.3, -0.25) is 4.90 Å². The SMILES string of the molecule is Cc1ccc(OCCN2CC(F)C2)cc1C(C)C. The summed E-state index contributed by atoms with van der Waals surface area (Å²) >= 11 is 0. The van der Waals surface area contributed by atoms with Crippen LogP contribution in [0, 0.1) is 6.92 Å². The van der Waals surface area contributed by atoms with Crippen LogP contribution in [0.15, 0.2) is 18.2 Å². The Balaban J connectivity index is 1.83. The quantitative estimate of drug-likeness (QED) is 0.797. The van der Waals surface area contributed by atoms with Crippen molar-refractivity contribution in [3.05, 3.63) is 29.3 Å². The van der Waals surface area contributed by atoms with Gasteiger partial charge in [0.15, 0.2) is 0 Å². The minimum Gasteiger partial charge on any atom is -0.492 e. The molecular formula is C15H22FNO. The van der Waals surface area contributed by atoms with E-state index in [1.807, 2.05) is 6.07 Å². The molecule has 1 heterocycles. The molecule has 0 saturated carbocycles. The van der Waals surface area contributed by atoms with Gasteiger partial charge < -0.3 is 4.74 Å². The highest BCUT2D eigenvalue weighted by Crippen LogP contribution is 2.24. The fourth-order valence-corrected chi connectivity index (χ4v) is 2.31. The maximum absolute atomic E-state index is 12.6. The van der Waals surface area contributed by atoms with Gasteiger partial charge in [0.1, 0.15) is 18.5 Å². The largest absolute Gasteiger partial charge is 0.492 e. The zero-order valence-corrected chi connectivity index (χ0v) is 11.4. The van der Waals surface area contributed by atoms with Crippen LogP contribution in [-0.2, 0) is 0 Å². The molecule has 18 heavy (non-hydrogen) atoms. The molecule has 1 aliphatic rings. The Kier molecular flexibility index (Phi) is 4.23. The van der Waals surface area contributed by atoms with Crippen LogP contribution in [0.5, 0.6) is 5.75 Å². The molecule has 1 aromatic rings. The fraction of sp³-hybridized carbons (Fsp3) is 0.600. The highest BCUT2D eigenvalue weighted by Gasteiger charge is 2.25. The lowest BCUT2D eigenvalue weighted by Gasteiger charge is -2.33. The lowest BCUT2D eigenvalue weighted by Crippen LogP contribution is -2.49. The molecule has 0 spiro atoms. The summed E-state index contributed by atoms with van der Waals surface area (Å²) in [5.41, 5.74) is 2.64. The zero-order chi connectivity index (χ0) is 13.1. The number of hydrogen-bond donors (Lipinski definition) is 0. The van der Waals surface area contributed by atoms with Crippen molar-refractivity contribution in [2.45, 2.75) is 32.9 Å². The molecule has 3 heteroatoms. The Morgan fingerprint density at radius 2 is 2.11 bits per heavy atom. The summed E-state index contributed by atoms with van der Waals surface area (Å²) in [5, 5.41) is 0. The van der Waals surface area contributed by atoms with Crippen LogP contribution in [-0.4, -0.2) is 37.3 Å². The van der Waals surface area contributed by atoms with Crippen LogP contribution in [0.2, 0.25) is 0 Å². The van der Waals surface area contributed by atoms with Crippen molar-refractivity contribution in [3.63, 3.8) is 0 Å². The van der Waals surface area contributed by atoms with Gasteiger partial charge in [0.2, 0.25) is 0 Å². The molecule has 0 bridgehead atoms. The second-order valence-corrected chi connectivity index (χ2v) is 5.38. The molecule has 0 atom stereocenters. The molecule has 0 unspecified atom stereocenters. The molecule has 1 fully saturated rings. The average Bonchev–Trinajstić information content (AvgIpc) is 2.28. The summed E-state index contributed by atoms with van der Waals surface area (Å²) in [5.74, 6) is 1.43. The van der Waals surface area contributed by atoms with E-state index in [0.29, 0.717) is 25.6 Å². The first-order valence-electron chi connectivity index (χ1n) is 6.66. The third-order valence-electron chi connectivity index (χ3n) is 3.46. The second kappa shape index (κ2) is 5.70. The Morgan fingerprint density at radius 3 is 2.72 bits per heavy atom. The number of benzene rings is 1. The van der Waals surface area contributed by atoms with E-state index in [0.717, 1.165) is 12.3 Å². The van der Waals surface area contributed by atoms with E-state index in [1.54, 1.807) is 0 Å². The van der Waals surface area contributed by atoms with Crippen LogP contribution in [0.1, 0.15) is 30.9 Å². The minimum atomic E-state index is -0.628. The third-order valence-corrected chi connectivity index (χ3v) is 3.46. The summed E-state index contributed by atoms with van der Waals surface area (Å²) in [6.07, 6.45) is -0.628. The first kappa shape index (κ1) is 13.3. The molecule has 100 valence electrons. The van der Waals surface area contributed by atoms with Gasteiger partial charge in [-0.25, -0.2) is 4.39 Å². The Hall–Kier alpha value is -1.09. The van der Waals surface area contributed by atoms with E-state index in [9.17, 15) is 4.39 Å². The van der Waals surface area contributed by atoms with Crippen molar-refractivity contribution in [1.82, 2.24) is 4.90 Å². The standard InChI is InChI=1S/C15H22FNO/c1-11(2)15-8-14(5-4-12(15)3)18-7-6-17-9-13(16)10-17/h4-5,8,11,13H,6-7,9-10H2,1-3H3. The predicted octanol–water partition coefficient (Wildman–Crippen LogP) is 3.15. The van der Waals surface area contributed by atoms with Gasteiger partial charge in [0, 0.05) is 19.6 Å². The number of hydrogen-bond acceptors (Lipinski definition) is 2. The van der Waals surface area contributed by atoms with Gasteiger partial charge in [0.25, 0.3) is 0 Å². The van der Waals surface area contributed by atoms with Crippen LogP contribution >= 0.6 is 0 Å². The molecule has 0 aromatic heterocycles. The average molecular weight is 251 g/mol. The summed E-state index contributed by atoms with van der Waals surface area (Å²) < 4.78 is 18.4. The van der Waals surface area contributed by atoms with E-state index in [-0.39, 0.29) is 0 Å². The number of rotatable bonds is 5. The summed E-state index contributed by atoms with van der Waals surface area (Å²) in [7, 11) is 0. The van der Waals surface area contributed by atoms with Crippen LogP contribution < -0.4 is 4.74 Å². The van der Waals surface area contributed by atoms with Gasteiger partial charge in [-0.15, -0.1) is 0 Å². The Labute approximate surface area is 109 Å². The maximum Gasteiger partial charge on any atom is 0.125 e. The molecule has 2 nitrogen and oxygen atoms in total. The van der Waals surface area contributed by atoms with E-state index in [1.165, 1.54) is 11.1 Å². The predicted molar refractivity (Wildman–Crippen MR) is 72.1 cm³/mol. The van der Waals surface area contributed by atoms with E-state index in [2.05, 4.69) is 37.8 Å². The number of likely N-dealkylation sites (tertiary alicyclic amines) is 1. The first-order chi connectivity index (χ1) is 8.56. The maximum atomic E-state index is 12.6. The summed E-state index contributed by atoms with van der Waals surface area (Å²) in [4.78, 5) is 2.07. The Morgan fingerprint density at radius 1 is 1.39 bits per heavy atom. The second-order valence-electron chi connectivity index (χ2n) is 5.38. The highest BCUT2D eigenvalue weighted by molar-refractivity contribution is 5.36. The van der Waals surface area contributed by atoms with E-state index in [4.69, 9.17) is 4.74 Å². The van der Waals surface area contributed by atoms with E-state index >= 15 is 0 Å². The minimum absolute atomic E-state index is 0.510. The zero-order valence-electron chi connectivity index (χ0n) is 11.4. The van der Waals surface area contributed by atoms with Crippen LogP contribution in [0.3, 0.4) is 0 Å². The molecular weight excluding hydrogens is 229 g/mol.